The van der Waals surface area contributed by atoms with Crippen LogP contribution in [0, 0.1) is 16.7 Å². The molecule has 0 aliphatic heterocycles. The summed E-state index contributed by atoms with van der Waals surface area (Å²) in [4.78, 5) is 13.3. The number of carbonyl (C=O) groups excluding carboxylic acids is 1. The summed E-state index contributed by atoms with van der Waals surface area (Å²) in [6, 6.07) is 7.36. The molecule has 3 heteroatoms. The second kappa shape index (κ2) is 6.09. The topological polar surface area (TPSA) is 46.5 Å². The van der Waals surface area contributed by atoms with Gasteiger partial charge in [0.05, 0.1) is 5.41 Å². The van der Waals surface area contributed by atoms with Gasteiger partial charge in [-0.1, -0.05) is 32.9 Å². The third-order valence-electron chi connectivity index (χ3n) is 5.33. The van der Waals surface area contributed by atoms with Gasteiger partial charge in [-0.05, 0) is 69.6 Å². The summed E-state index contributed by atoms with van der Waals surface area (Å²) in [6.07, 6.45) is 2.24. The Labute approximate surface area is 146 Å². The zero-order chi connectivity index (χ0) is 18.3. The fraction of sp³-hybridized carbons (Fsp3) is 0.667. The van der Waals surface area contributed by atoms with Crippen molar-refractivity contribution < 1.29 is 14.6 Å². The largest absolute Gasteiger partial charge is 0.508 e. The molecule has 0 amide bonds. The van der Waals surface area contributed by atoms with E-state index in [0.29, 0.717) is 5.92 Å². The second-order valence-electron chi connectivity index (χ2n) is 9.36. The number of aromatic hydroxyl groups is 1. The number of benzene rings is 1. The lowest BCUT2D eigenvalue weighted by Crippen LogP contribution is -2.49. The summed E-state index contributed by atoms with van der Waals surface area (Å²) >= 11 is 0. The summed E-state index contributed by atoms with van der Waals surface area (Å²) < 4.78 is 5.84. The minimum atomic E-state index is -0.671. The summed E-state index contributed by atoms with van der Waals surface area (Å²) in [5, 5.41) is 9.94. The molecule has 2 atom stereocenters. The maximum atomic E-state index is 13.3. The van der Waals surface area contributed by atoms with Gasteiger partial charge in [0.25, 0.3) is 0 Å². The van der Waals surface area contributed by atoms with Crippen LogP contribution in [0.2, 0.25) is 0 Å². The molecule has 0 unspecified atom stereocenters. The Morgan fingerprint density at radius 1 is 1.12 bits per heavy atom. The van der Waals surface area contributed by atoms with Gasteiger partial charge >= 0.3 is 5.97 Å². The average molecular weight is 332 g/mol. The minimum Gasteiger partial charge on any atom is -0.508 e. The number of hydrogen-bond acceptors (Lipinski definition) is 3. The summed E-state index contributed by atoms with van der Waals surface area (Å²) in [5.41, 5.74) is -0.430. The molecule has 134 valence electrons. The molecule has 0 aromatic heterocycles. The molecule has 0 radical (unpaired) electrons. The highest BCUT2D eigenvalue weighted by Gasteiger charge is 2.56. The van der Waals surface area contributed by atoms with Crippen molar-refractivity contribution in [1.82, 2.24) is 0 Å². The van der Waals surface area contributed by atoms with E-state index in [9.17, 15) is 9.90 Å². The molecule has 1 aliphatic rings. The monoisotopic (exact) mass is 332 g/mol. The molecular formula is C21H32O3. The first-order chi connectivity index (χ1) is 10.9. The molecule has 24 heavy (non-hydrogen) atoms. The molecular weight excluding hydrogens is 300 g/mol. The van der Waals surface area contributed by atoms with Gasteiger partial charge in [0.1, 0.15) is 11.4 Å². The van der Waals surface area contributed by atoms with Crippen LogP contribution in [-0.2, 0) is 9.53 Å². The SMILES string of the molecule is CC(C)(C)OC(=O)[C@@](C)([C@@H](c1cccc(O)c1)C1CC1)C(C)(C)C. The Morgan fingerprint density at radius 3 is 2.12 bits per heavy atom. The van der Waals surface area contributed by atoms with Crippen LogP contribution in [0.1, 0.15) is 72.8 Å². The second-order valence-corrected chi connectivity index (χ2v) is 9.36. The normalized spacial score (nSPS) is 19.5. The van der Waals surface area contributed by atoms with E-state index in [2.05, 4.69) is 20.8 Å². The third kappa shape index (κ3) is 3.76. The number of rotatable bonds is 4. The van der Waals surface area contributed by atoms with Crippen LogP contribution in [0.3, 0.4) is 0 Å². The molecule has 3 nitrogen and oxygen atoms in total. The standard InChI is InChI=1S/C21H32O3/c1-19(2,3)21(7,18(23)24-20(4,5)6)17(14-11-12-14)15-9-8-10-16(22)13-15/h8-10,13-14,17,22H,11-12H2,1-7H3/t17-,21-/m1/s1. The highest BCUT2D eigenvalue weighted by Crippen LogP contribution is 2.59. The van der Waals surface area contributed by atoms with Crippen LogP contribution in [0.5, 0.6) is 5.75 Å². The number of carbonyl (C=O) groups is 1. The Bertz CT molecular complexity index is 602. The van der Waals surface area contributed by atoms with E-state index in [1.165, 1.54) is 0 Å². The van der Waals surface area contributed by atoms with Gasteiger partial charge in [-0.2, -0.15) is 0 Å². The van der Waals surface area contributed by atoms with Crippen molar-refractivity contribution in [3.8, 4) is 5.75 Å². The van der Waals surface area contributed by atoms with E-state index in [1.54, 1.807) is 12.1 Å². The molecule has 1 aromatic rings. The van der Waals surface area contributed by atoms with Crippen molar-refractivity contribution in [3.63, 3.8) is 0 Å². The summed E-state index contributed by atoms with van der Waals surface area (Å²) in [7, 11) is 0. The summed E-state index contributed by atoms with van der Waals surface area (Å²) in [6.45, 7) is 14.1. The summed E-state index contributed by atoms with van der Waals surface area (Å²) in [5.74, 6) is 0.601. The first-order valence-corrected chi connectivity index (χ1v) is 8.88. The average Bonchev–Trinajstić information content (AvgIpc) is 3.20. The smallest absolute Gasteiger partial charge is 0.313 e. The number of esters is 1. The van der Waals surface area contributed by atoms with Crippen LogP contribution >= 0.6 is 0 Å². The van der Waals surface area contributed by atoms with Crippen LogP contribution in [-0.4, -0.2) is 16.7 Å². The quantitative estimate of drug-likeness (QED) is 0.763. The highest BCUT2D eigenvalue weighted by molar-refractivity contribution is 5.79. The Hall–Kier alpha value is -1.51. The zero-order valence-electron chi connectivity index (χ0n) is 16.1. The van der Waals surface area contributed by atoms with Crippen LogP contribution in [0.25, 0.3) is 0 Å². The predicted octanol–water partition coefficient (Wildman–Crippen LogP) is 5.28. The molecule has 1 aliphatic carbocycles. The van der Waals surface area contributed by atoms with Crippen molar-refractivity contribution >= 4 is 5.97 Å². The molecule has 0 bridgehead atoms. The van der Waals surface area contributed by atoms with Crippen molar-refractivity contribution in [2.24, 2.45) is 16.7 Å². The maximum absolute atomic E-state index is 13.3. The lowest BCUT2D eigenvalue weighted by atomic mass is 9.57. The van der Waals surface area contributed by atoms with Gasteiger partial charge in [-0.15, -0.1) is 0 Å². The van der Waals surface area contributed by atoms with Crippen molar-refractivity contribution in [3.05, 3.63) is 29.8 Å². The van der Waals surface area contributed by atoms with Gasteiger partial charge in [0, 0.05) is 5.92 Å². The van der Waals surface area contributed by atoms with Crippen LogP contribution < -0.4 is 0 Å². The first kappa shape index (κ1) is 18.8. The van der Waals surface area contributed by atoms with Crippen molar-refractivity contribution in [1.29, 1.82) is 0 Å². The van der Waals surface area contributed by atoms with Crippen molar-refractivity contribution in [2.45, 2.75) is 72.8 Å². The fourth-order valence-electron chi connectivity index (χ4n) is 3.51. The number of ether oxygens (including phenoxy) is 1. The van der Waals surface area contributed by atoms with E-state index in [4.69, 9.17) is 4.74 Å². The molecule has 0 saturated heterocycles. The highest BCUT2D eigenvalue weighted by atomic mass is 16.6. The molecule has 0 heterocycles. The van der Waals surface area contributed by atoms with Crippen molar-refractivity contribution in [2.75, 3.05) is 0 Å². The molecule has 1 saturated carbocycles. The number of hydrogen-bond donors (Lipinski definition) is 1. The van der Waals surface area contributed by atoms with E-state index < -0.39 is 11.0 Å². The molecule has 0 spiro atoms. The minimum absolute atomic E-state index is 0.0412. The maximum Gasteiger partial charge on any atom is 0.313 e. The van der Waals surface area contributed by atoms with E-state index in [-0.39, 0.29) is 23.1 Å². The number of phenolic OH excluding ortho intramolecular Hbond substituents is 1. The Morgan fingerprint density at radius 2 is 1.71 bits per heavy atom. The lowest BCUT2D eigenvalue weighted by molar-refractivity contribution is -0.176. The van der Waals surface area contributed by atoms with Gasteiger partial charge in [0.2, 0.25) is 0 Å². The third-order valence-corrected chi connectivity index (χ3v) is 5.33. The molecule has 1 aromatic carbocycles. The predicted molar refractivity (Wildman–Crippen MR) is 97.0 cm³/mol. The fourth-order valence-corrected chi connectivity index (χ4v) is 3.51. The zero-order valence-corrected chi connectivity index (χ0v) is 16.1. The van der Waals surface area contributed by atoms with Gasteiger partial charge in [0.15, 0.2) is 0 Å². The van der Waals surface area contributed by atoms with Crippen LogP contribution in [0.15, 0.2) is 24.3 Å². The molecule has 1 N–H and O–H groups in total. The van der Waals surface area contributed by atoms with Crippen LogP contribution in [0.4, 0.5) is 0 Å². The van der Waals surface area contributed by atoms with E-state index in [0.717, 1.165) is 18.4 Å². The van der Waals surface area contributed by atoms with E-state index in [1.807, 2.05) is 39.8 Å². The van der Waals surface area contributed by atoms with Gasteiger partial charge < -0.3 is 9.84 Å². The molecule has 1 fully saturated rings. The first-order valence-electron chi connectivity index (χ1n) is 8.88. The Kier molecular flexibility index (Phi) is 4.78. The Balaban J connectivity index is 2.53. The van der Waals surface area contributed by atoms with Gasteiger partial charge in [-0.3, -0.25) is 4.79 Å². The lowest BCUT2D eigenvalue weighted by Gasteiger charge is -2.47. The van der Waals surface area contributed by atoms with Gasteiger partial charge in [-0.25, -0.2) is 0 Å². The number of phenols is 1. The molecule has 2 rings (SSSR count). The van der Waals surface area contributed by atoms with E-state index >= 15 is 0 Å².